The molecule has 0 unspecified atom stereocenters. The van der Waals surface area contributed by atoms with Crippen LogP contribution in [0.4, 0.5) is 11.4 Å². The van der Waals surface area contributed by atoms with E-state index in [1.165, 1.54) is 13.2 Å². The number of rotatable bonds is 7. The maximum atomic E-state index is 11.4. The van der Waals surface area contributed by atoms with E-state index in [1.807, 2.05) is 0 Å². The van der Waals surface area contributed by atoms with Gasteiger partial charge in [-0.2, -0.15) is 0 Å². The number of amides is 1. The SMILES string of the molecule is COCCNC(=O)CNc1cc(Br)ccc1[N+](=O)[O-]. The summed E-state index contributed by atoms with van der Waals surface area (Å²) in [6.07, 6.45) is 0. The van der Waals surface area contributed by atoms with Crippen LogP contribution >= 0.6 is 15.9 Å². The third-order valence-corrected chi connectivity index (χ3v) is 2.72. The van der Waals surface area contributed by atoms with Crippen LogP contribution in [0.5, 0.6) is 0 Å². The van der Waals surface area contributed by atoms with Crippen LogP contribution in [0.2, 0.25) is 0 Å². The summed E-state index contributed by atoms with van der Waals surface area (Å²) in [4.78, 5) is 21.8. The zero-order valence-corrected chi connectivity index (χ0v) is 11.9. The van der Waals surface area contributed by atoms with Crippen LogP contribution in [0.25, 0.3) is 0 Å². The van der Waals surface area contributed by atoms with Gasteiger partial charge in [-0.15, -0.1) is 0 Å². The monoisotopic (exact) mass is 331 g/mol. The molecule has 0 saturated carbocycles. The summed E-state index contributed by atoms with van der Waals surface area (Å²) in [5.74, 6) is -0.258. The maximum Gasteiger partial charge on any atom is 0.292 e. The number of carbonyl (C=O) groups is 1. The zero-order valence-electron chi connectivity index (χ0n) is 10.3. The standard InChI is InChI=1S/C11H14BrN3O4/c1-19-5-4-13-11(16)7-14-9-6-8(12)2-3-10(9)15(17)18/h2-3,6,14H,4-5,7H2,1H3,(H,13,16). The molecule has 0 aliphatic carbocycles. The van der Waals surface area contributed by atoms with Crippen molar-refractivity contribution >= 4 is 33.2 Å². The van der Waals surface area contributed by atoms with Crippen molar-refractivity contribution in [1.82, 2.24) is 5.32 Å². The van der Waals surface area contributed by atoms with Crippen molar-refractivity contribution in [3.63, 3.8) is 0 Å². The van der Waals surface area contributed by atoms with Gasteiger partial charge >= 0.3 is 0 Å². The normalized spacial score (nSPS) is 10.0. The number of nitro benzene ring substituents is 1. The number of nitrogens with zero attached hydrogens (tertiary/aromatic N) is 1. The van der Waals surface area contributed by atoms with E-state index in [9.17, 15) is 14.9 Å². The second-order valence-electron chi connectivity index (χ2n) is 3.61. The minimum Gasteiger partial charge on any atom is -0.383 e. The Hall–Kier alpha value is -1.67. The third-order valence-electron chi connectivity index (χ3n) is 2.22. The first kappa shape index (κ1) is 15.4. The minimum atomic E-state index is -0.502. The summed E-state index contributed by atoms with van der Waals surface area (Å²) in [6, 6.07) is 4.50. The summed E-state index contributed by atoms with van der Waals surface area (Å²) in [6.45, 7) is 0.779. The van der Waals surface area contributed by atoms with E-state index in [2.05, 4.69) is 26.6 Å². The van der Waals surface area contributed by atoms with E-state index >= 15 is 0 Å². The fourth-order valence-corrected chi connectivity index (χ4v) is 1.70. The lowest BCUT2D eigenvalue weighted by Crippen LogP contribution is -2.32. The molecule has 2 N–H and O–H groups in total. The minimum absolute atomic E-state index is 0.0407. The Bertz CT molecular complexity index is 467. The summed E-state index contributed by atoms with van der Waals surface area (Å²) >= 11 is 3.22. The van der Waals surface area contributed by atoms with Crippen molar-refractivity contribution in [3.8, 4) is 0 Å². The molecular formula is C11H14BrN3O4. The lowest BCUT2D eigenvalue weighted by atomic mass is 10.2. The first-order chi connectivity index (χ1) is 9.04. The topological polar surface area (TPSA) is 93.5 Å². The maximum absolute atomic E-state index is 11.4. The fourth-order valence-electron chi connectivity index (χ4n) is 1.34. The molecule has 0 aliphatic rings. The Morgan fingerprint density at radius 2 is 2.26 bits per heavy atom. The lowest BCUT2D eigenvalue weighted by molar-refractivity contribution is -0.384. The van der Waals surface area contributed by atoms with Gasteiger partial charge in [0.25, 0.3) is 5.69 Å². The van der Waals surface area contributed by atoms with E-state index in [4.69, 9.17) is 4.74 Å². The van der Waals surface area contributed by atoms with Gasteiger partial charge < -0.3 is 15.4 Å². The predicted molar refractivity (Wildman–Crippen MR) is 74.2 cm³/mol. The number of methoxy groups -OCH3 is 1. The van der Waals surface area contributed by atoms with Crippen molar-refractivity contribution in [2.24, 2.45) is 0 Å². The number of hydrogen-bond acceptors (Lipinski definition) is 5. The van der Waals surface area contributed by atoms with E-state index in [0.717, 1.165) is 0 Å². The molecule has 0 saturated heterocycles. The van der Waals surface area contributed by atoms with Crippen LogP contribution in [0.15, 0.2) is 22.7 Å². The van der Waals surface area contributed by atoms with Crippen molar-refractivity contribution in [2.45, 2.75) is 0 Å². The summed E-state index contributed by atoms with van der Waals surface area (Å²) < 4.78 is 5.49. The highest BCUT2D eigenvalue weighted by Crippen LogP contribution is 2.27. The van der Waals surface area contributed by atoms with Crippen LogP contribution in [0.1, 0.15) is 0 Å². The van der Waals surface area contributed by atoms with Gasteiger partial charge in [0.05, 0.1) is 18.1 Å². The first-order valence-corrected chi connectivity index (χ1v) is 6.27. The highest BCUT2D eigenvalue weighted by molar-refractivity contribution is 9.10. The van der Waals surface area contributed by atoms with Crippen molar-refractivity contribution in [1.29, 1.82) is 0 Å². The summed E-state index contributed by atoms with van der Waals surface area (Å²) in [7, 11) is 1.54. The molecular weight excluding hydrogens is 318 g/mol. The van der Waals surface area contributed by atoms with Crippen molar-refractivity contribution in [3.05, 3.63) is 32.8 Å². The molecule has 1 rings (SSSR count). The fraction of sp³-hybridized carbons (Fsp3) is 0.364. The molecule has 0 radical (unpaired) electrons. The van der Waals surface area contributed by atoms with Crippen molar-refractivity contribution < 1.29 is 14.5 Å². The quantitative estimate of drug-likeness (QED) is 0.449. The molecule has 7 nitrogen and oxygen atoms in total. The Balaban J connectivity index is 2.59. The number of hydrogen-bond donors (Lipinski definition) is 2. The smallest absolute Gasteiger partial charge is 0.292 e. The van der Waals surface area contributed by atoms with Crippen LogP contribution in [-0.2, 0) is 9.53 Å². The van der Waals surface area contributed by atoms with Crippen molar-refractivity contribution in [2.75, 3.05) is 32.1 Å². The van der Waals surface area contributed by atoms with Crippen LogP contribution in [0, 0.1) is 10.1 Å². The number of anilines is 1. The van der Waals surface area contributed by atoms with Gasteiger partial charge in [-0.3, -0.25) is 14.9 Å². The molecule has 0 spiro atoms. The second-order valence-corrected chi connectivity index (χ2v) is 4.53. The number of halogens is 1. The highest BCUT2D eigenvalue weighted by atomic mass is 79.9. The predicted octanol–water partition coefficient (Wildman–Crippen LogP) is 1.53. The van der Waals surface area contributed by atoms with Crippen LogP contribution in [0.3, 0.4) is 0 Å². The number of nitro groups is 1. The van der Waals surface area contributed by atoms with Crippen LogP contribution in [-0.4, -0.2) is 37.6 Å². The Labute approximate surface area is 118 Å². The average Bonchev–Trinajstić information content (AvgIpc) is 2.36. The van der Waals surface area contributed by atoms with Gasteiger partial charge in [0.1, 0.15) is 5.69 Å². The number of benzene rings is 1. The van der Waals surface area contributed by atoms with Gasteiger partial charge in [-0.05, 0) is 12.1 Å². The molecule has 0 aromatic heterocycles. The molecule has 0 bridgehead atoms. The van der Waals surface area contributed by atoms with E-state index in [1.54, 1.807) is 12.1 Å². The average molecular weight is 332 g/mol. The molecule has 0 atom stereocenters. The number of ether oxygens (including phenoxy) is 1. The van der Waals surface area contributed by atoms with Gasteiger partial charge in [0, 0.05) is 24.2 Å². The first-order valence-electron chi connectivity index (χ1n) is 5.48. The zero-order chi connectivity index (χ0) is 14.3. The summed E-state index contributed by atoms with van der Waals surface area (Å²) in [5, 5.41) is 16.2. The number of carbonyl (C=O) groups excluding carboxylic acids is 1. The van der Waals surface area contributed by atoms with Gasteiger partial charge in [0.2, 0.25) is 5.91 Å². The third kappa shape index (κ3) is 5.23. The number of nitrogens with one attached hydrogen (secondary N) is 2. The van der Waals surface area contributed by atoms with E-state index < -0.39 is 4.92 Å². The highest BCUT2D eigenvalue weighted by Gasteiger charge is 2.14. The summed E-state index contributed by atoms with van der Waals surface area (Å²) in [5.41, 5.74) is 0.217. The molecule has 8 heteroatoms. The molecule has 19 heavy (non-hydrogen) atoms. The van der Waals surface area contributed by atoms with Gasteiger partial charge in [-0.25, -0.2) is 0 Å². The largest absolute Gasteiger partial charge is 0.383 e. The molecule has 1 amide bonds. The Morgan fingerprint density at radius 3 is 2.89 bits per heavy atom. The Morgan fingerprint density at radius 1 is 1.53 bits per heavy atom. The molecule has 1 aromatic carbocycles. The van der Waals surface area contributed by atoms with Gasteiger partial charge in [-0.1, -0.05) is 15.9 Å². The molecule has 0 heterocycles. The molecule has 0 fully saturated rings. The Kier molecular flexibility index (Phi) is 6.23. The molecule has 0 aliphatic heterocycles. The van der Waals surface area contributed by atoms with Gasteiger partial charge in [0.15, 0.2) is 0 Å². The molecule has 1 aromatic rings. The molecule has 104 valence electrons. The van der Waals surface area contributed by atoms with E-state index in [-0.39, 0.29) is 18.1 Å². The second kappa shape index (κ2) is 7.70. The van der Waals surface area contributed by atoms with E-state index in [0.29, 0.717) is 23.3 Å². The lowest BCUT2D eigenvalue weighted by Gasteiger charge is -2.08. The van der Waals surface area contributed by atoms with Crippen LogP contribution < -0.4 is 10.6 Å².